The minimum atomic E-state index is -0.699. The molecule has 180 valence electrons. The van der Waals surface area contributed by atoms with Crippen molar-refractivity contribution < 1.29 is 9.59 Å². The van der Waals surface area contributed by atoms with Crippen LogP contribution in [-0.4, -0.2) is 48.4 Å². The van der Waals surface area contributed by atoms with Crippen LogP contribution in [-0.2, 0) is 21.4 Å². The Morgan fingerprint density at radius 3 is 2.38 bits per heavy atom. The van der Waals surface area contributed by atoms with Crippen molar-refractivity contribution in [2.75, 3.05) is 19.6 Å². The van der Waals surface area contributed by atoms with Crippen LogP contribution in [0.3, 0.4) is 0 Å². The van der Waals surface area contributed by atoms with Crippen molar-refractivity contribution in [1.29, 1.82) is 0 Å². The molecule has 2 bridgehead atoms. The van der Waals surface area contributed by atoms with Gasteiger partial charge in [-0.1, -0.05) is 57.3 Å². The van der Waals surface area contributed by atoms with Crippen LogP contribution in [0.5, 0.6) is 0 Å². The number of nitrogens with zero attached hydrogens (tertiary/aromatic N) is 1. The first-order chi connectivity index (χ1) is 16.3. The van der Waals surface area contributed by atoms with Gasteiger partial charge in [0.15, 0.2) is 0 Å². The van der Waals surface area contributed by atoms with E-state index < -0.39 is 11.5 Å². The minimum Gasteiger partial charge on any atom is -0.350 e. The van der Waals surface area contributed by atoms with E-state index in [1.165, 1.54) is 0 Å². The zero-order valence-electron chi connectivity index (χ0n) is 18.8. The summed E-state index contributed by atoms with van der Waals surface area (Å²) in [5.41, 5.74) is 1.07. The molecule has 6 rings (SSSR count). The summed E-state index contributed by atoms with van der Waals surface area (Å²) in [4.78, 5) is 29.4. The van der Waals surface area contributed by atoms with Crippen molar-refractivity contribution in [2.24, 2.45) is 5.92 Å². The van der Waals surface area contributed by atoms with Gasteiger partial charge in [0.2, 0.25) is 11.8 Å². The monoisotopic (exact) mass is 563 g/mol. The van der Waals surface area contributed by atoms with Crippen LogP contribution in [0.25, 0.3) is 0 Å². The first-order valence-electron chi connectivity index (χ1n) is 11.9. The average Bonchev–Trinajstić information content (AvgIpc) is 3.62. The molecule has 0 spiro atoms. The molecule has 8 heteroatoms. The number of hydrogen-bond donors (Lipinski definition) is 2. The summed E-state index contributed by atoms with van der Waals surface area (Å²) in [5.74, 6) is 0.247. The number of amides is 2. The van der Waals surface area contributed by atoms with Crippen LogP contribution in [0.15, 0.2) is 46.9 Å². The predicted octanol–water partition coefficient (Wildman–Crippen LogP) is 4.73. The van der Waals surface area contributed by atoms with E-state index in [4.69, 9.17) is 23.2 Å². The zero-order valence-corrected chi connectivity index (χ0v) is 21.9. The molecule has 1 aliphatic carbocycles. The second-order valence-corrected chi connectivity index (χ2v) is 11.6. The summed E-state index contributed by atoms with van der Waals surface area (Å²) in [5, 5.41) is 7.38. The molecular weight excluding hydrogens is 537 g/mol. The zero-order chi connectivity index (χ0) is 23.9. The van der Waals surface area contributed by atoms with E-state index in [0.717, 1.165) is 48.1 Å². The number of fused-ring (bicyclic) bond motifs is 3. The Morgan fingerprint density at radius 1 is 1.09 bits per heavy atom. The molecule has 2 aromatic rings. The molecular formula is C26H28BrCl2N3O2. The van der Waals surface area contributed by atoms with Crippen molar-refractivity contribution in [2.45, 2.75) is 49.6 Å². The largest absolute Gasteiger partial charge is 0.350 e. The van der Waals surface area contributed by atoms with Gasteiger partial charge in [-0.3, -0.25) is 9.59 Å². The van der Waals surface area contributed by atoms with E-state index in [2.05, 4.69) is 31.5 Å². The maximum atomic E-state index is 13.5. The van der Waals surface area contributed by atoms with Gasteiger partial charge >= 0.3 is 0 Å². The molecule has 3 aliphatic heterocycles. The van der Waals surface area contributed by atoms with Gasteiger partial charge < -0.3 is 15.5 Å². The fraction of sp³-hybridized carbons (Fsp3) is 0.462. The fourth-order valence-electron chi connectivity index (χ4n) is 5.40. The van der Waals surface area contributed by atoms with Crippen molar-refractivity contribution in [1.82, 2.24) is 15.5 Å². The van der Waals surface area contributed by atoms with Crippen molar-refractivity contribution in [3.05, 3.63) is 68.1 Å². The lowest BCUT2D eigenvalue weighted by molar-refractivity contribution is -0.131. The molecule has 1 saturated carbocycles. The molecule has 5 nitrogen and oxygen atoms in total. The summed E-state index contributed by atoms with van der Waals surface area (Å²) in [6.45, 7) is 3.11. The molecule has 2 amide bonds. The Morgan fingerprint density at radius 2 is 1.79 bits per heavy atom. The van der Waals surface area contributed by atoms with Gasteiger partial charge in [-0.2, -0.15) is 0 Å². The molecule has 4 aliphatic rings. The number of rotatable bonds is 7. The molecule has 0 radical (unpaired) electrons. The third-order valence-corrected chi connectivity index (χ3v) is 8.67. The van der Waals surface area contributed by atoms with Crippen molar-refractivity contribution in [3.63, 3.8) is 0 Å². The molecule has 3 heterocycles. The normalized spacial score (nSPS) is 25.4. The van der Waals surface area contributed by atoms with E-state index in [9.17, 15) is 9.59 Å². The molecule has 2 N–H and O–H groups in total. The average molecular weight is 565 g/mol. The summed E-state index contributed by atoms with van der Waals surface area (Å²) in [6, 6.07) is 12.6. The Hall–Kier alpha value is -1.60. The minimum absolute atomic E-state index is 0.118. The SMILES string of the molecule is O=C(N[C@H]1CN2CCC1CC2)C(Cc1ccc(Br)cc1)NC(=O)C1(c2ccc(Cl)cc2Cl)CC1. The second-order valence-electron chi connectivity index (χ2n) is 9.82. The van der Waals surface area contributed by atoms with Crippen LogP contribution in [0, 0.1) is 5.92 Å². The lowest BCUT2D eigenvalue weighted by atomic mass is 9.84. The van der Waals surface area contributed by atoms with Crippen molar-refractivity contribution in [3.8, 4) is 0 Å². The van der Waals surface area contributed by atoms with Gasteiger partial charge in [-0.05, 0) is 80.1 Å². The molecule has 0 aromatic heterocycles. The Bertz CT molecular complexity index is 1080. The highest BCUT2D eigenvalue weighted by Crippen LogP contribution is 2.51. The summed E-state index contributed by atoms with van der Waals surface area (Å²) >= 11 is 16.0. The Balaban J connectivity index is 1.35. The maximum Gasteiger partial charge on any atom is 0.243 e. The molecule has 4 fully saturated rings. The highest BCUT2D eigenvalue weighted by molar-refractivity contribution is 9.10. The Labute approximate surface area is 218 Å². The van der Waals surface area contributed by atoms with E-state index >= 15 is 0 Å². The quantitative estimate of drug-likeness (QED) is 0.511. The highest BCUT2D eigenvalue weighted by Gasteiger charge is 2.53. The van der Waals surface area contributed by atoms with Crippen LogP contribution in [0.4, 0.5) is 0 Å². The van der Waals surface area contributed by atoms with Gasteiger partial charge in [0, 0.05) is 33.5 Å². The number of halogens is 3. The van der Waals surface area contributed by atoms with Crippen LogP contribution >= 0.6 is 39.1 Å². The number of benzene rings is 2. The number of carbonyl (C=O) groups is 2. The maximum absolute atomic E-state index is 13.5. The van der Waals surface area contributed by atoms with Gasteiger partial charge in [-0.25, -0.2) is 0 Å². The number of hydrogen-bond acceptors (Lipinski definition) is 3. The lowest BCUT2D eigenvalue weighted by Gasteiger charge is -2.45. The second kappa shape index (κ2) is 9.81. The summed E-state index contributed by atoms with van der Waals surface area (Å²) < 4.78 is 0.975. The van der Waals surface area contributed by atoms with Crippen LogP contribution in [0.2, 0.25) is 10.0 Å². The Kier molecular flexibility index (Phi) is 6.95. The fourth-order valence-corrected chi connectivity index (χ4v) is 6.25. The van der Waals surface area contributed by atoms with E-state index in [0.29, 0.717) is 35.2 Å². The molecule has 34 heavy (non-hydrogen) atoms. The van der Waals surface area contributed by atoms with Crippen LogP contribution < -0.4 is 10.6 Å². The molecule has 3 saturated heterocycles. The molecule has 1 unspecified atom stereocenters. The molecule has 2 atom stereocenters. The number of piperidine rings is 3. The lowest BCUT2D eigenvalue weighted by Crippen LogP contribution is -2.60. The van der Waals surface area contributed by atoms with E-state index in [1.54, 1.807) is 12.1 Å². The first-order valence-corrected chi connectivity index (χ1v) is 13.4. The first kappa shape index (κ1) is 24.1. The summed E-state index contributed by atoms with van der Waals surface area (Å²) in [6.07, 6.45) is 4.06. The van der Waals surface area contributed by atoms with Gasteiger partial charge in [0.1, 0.15) is 6.04 Å². The smallest absolute Gasteiger partial charge is 0.243 e. The molecule has 2 aromatic carbocycles. The third kappa shape index (κ3) is 5.01. The predicted molar refractivity (Wildman–Crippen MR) is 138 cm³/mol. The number of carbonyl (C=O) groups excluding carboxylic acids is 2. The van der Waals surface area contributed by atoms with E-state index in [-0.39, 0.29) is 17.9 Å². The van der Waals surface area contributed by atoms with Gasteiger partial charge in [-0.15, -0.1) is 0 Å². The highest BCUT2D eigenvalue weighted by atomic mass is 79.9. The third-order valence-electron chi connectivity index (χ3n) is 7.59. The standard InChI is InChI=1S/C26H28BrCl2N3O2/c27-18-3-1-16(2-4-18)13-22(24(33)30-23-15-32-11-7-17(23)8-12-32)31-25(34)26(9-10-26)20-6-5-19(28)14-21(20)29/h1-6,14,17,22-23H,7-13,15H2,(H,30,33)(H,31,34)/t22?,23-/m0/s1. The summed E-state index contributed by atoms with van der Waals surface area (Å²) in [7, 11) is 0. The topological polar surface area (TPSA) is 61.4 Å². The van der Waals surface area contributed by atoms with Crippen LogP contribution in [0.1, 0.15) is 36.8 Å². The van der Waals surface area contributed by atoms with Gasteiger partial charge in [0.05, 0.1) is 5.41 Å². The number of nitrogens with one attached hydrogen (secondary N) is 2. The van der Waals surface area contributed by atoms with E-state index in [1.807, 2.05) is 30.3 Å². The van der Waals surface area contributed by atoms with Crippen molar-refractivity contribution >= 4 is 50.9 Å². The van der Waals surface area contributed by atoms with Gasteiger partial charge in [0.25, 0.3) is 0 Å².